The molecule has 0 atom stereocenters. The lowest BCUT2D eigenvalue weighted by Gasteiger charge is -2.32. The highest BCUT2D eigenvalue weighted by molar-refractivity contribution is 5.85. The van der Waals surface area contributed by atoms with Gasteiger partial charge in [0.15, 0.2) is 0 Å². The maximum Gasteiger partial charge on any atom is 0.316 e. The Morgan fingerprint density at radius 1 is 1.24 bits per heavy atom. The maximum absolute atomic E-state index is 13.0. The summed E-state index contributed by atoms with van der Waals surface area (Å²) < 4.78 is 31.5. The molecular formula is C18H23F2N7O2. The Morgan fingerprint density at radius 3 is 2.59 bits per heavy atom. The summed E-state index contributed by atoms with van der Waals surface area (Å²) in [7, 11) is 0. The van der Waals surface area contributed by atoms with E-state index in [1.54, 1.807) is 0 Å². The van der Waals surface area contributed by atoms with E-state index in [0.29, 0.717) is 5.41 Å². The molecule has 1 saturated carbocycles. The molecule has 1 aromatic heterocycles. The van der Waals surface area contributed by atoms with Crippen LogP contribution in [0.5, 0.6) is 0 Å². The Hall–Kier alpha value is -2.95. The third-order valence-corrected chi connectivity index (χ3v) is 5.84. The largest absolute Gasteiger partial charge is 0.403 e. The molecule has 2 heterocycles. The van der Waals surface area contributed by atoms with Crippen molar-refractivity contribution in [2.45, 2.75) is 32.1 Å². The number of hydrogen-bond acceptors (Lipinski definition) is 8. The van der Waals surface area contributed by atoms with Gasteiger partial charge in [0.2, 0.25) is 5.91 Å². The fourth-order valence-electron chi connectivity index (χ4n) is 3.73. The fourth-order valence-corrected chi connectivity index (χ4v) is 3.73. The third kappa shape index (κ3) is 3.82. The molecule has 11 heteroatoms. The zero-order chi connectivity index (χ0) is 20.6. The van der Waals surface area contributed by atoms with Gasteiger partial charge < -0.3 is 25.8 Å². The Bertz CT molecular complexity index is 904. The number of rotatable bonds is 6. The molecule has 2 fully saturated rings. The quantitative estimate of drug-likeness (QED) is 0.326. The van der Waals surface area contributed by atoms with Crippen molar-refractivity contribution in [1.82, 2.24) is 15.1 Å². The van der Waals surface area contributed by atoms with Crippen molar-refractivity contribution in [3.8, 4) is 11.5 Å². The molecule has 29 heavy (non-hydrogen) atoms. The van der Waals surface area contributed by atoms with Crippen molar-refractivity contribution in [1.29, 1.82) is 0 Å². The lowest BCUT2D eigenvalue weighted by atomic mass is 9.94. The van der Waals surface area contributed by atoms with E-state index in [9.17, 15) is 13.6 Å². The van der Waals surface area contributed by atoms with Crippen LogP contribution in [0.15, 0.2) is 16.5 Å². The van der Waals surface area contributed by atoms with E-state index in [0.717, 1.165) is 25.9 Å². The molecule has 2 aromatic rings. The van der Waals surface area contributed by atoms with E-state index in [-0.39, 0.29) is 46.9 Å². The number of benzene rings is 1. The van der Waals surface area contributed by atoms with Gasteiger partial charge in [0, 0.05) is 18.7 Å². The van der Waals surface area contributed by atoms with Gasteiger partial charge in [-0.05, 0) is 37.2 Å². The van der Waals surface area contributed by atoms with Crippen LogP contribution in [0.2, 0.25) is 0 Å². The number of nitrogen functional groups attached to an aromatic ring is 2. The van der Waals surface area contributed by atoms with Crippen LogP contribution in [0.25, 0.3) is 11.5 Å². The van der Waals surface area contributed by atoms with Gasteiger partial charge >= 0.3 is 6.01 Å². The number of amides is 1. The first-order valence-corrected chi connectivity index (χ1v) is 9.45. The Kier molecular flexibility index (Phi) is 4.99. The average molecular weight is 407 g/mol. The summed E-state index contributed by atoms with van der Waals surface area (Å²) in [5, 5.41) is 10.6. The van der Waals surface area contributed by atoms with Gasteiger partial charge in [0.25, 0.3) is 12.3 Å². The number of hydrazine groups is 1. The van der Waals surface area contributed by atoms with Crippen LogP contribution >= 0.6 is 0 Å². The molecule has 156 valence electrons. The van der Waals surface area contributed by atoms with Crippen LogP contribution in [0.3, 0.4) is 0 Å². The third-order valence-electron chi connectivity index (χ3n) is 5.84. The second-order valence-electron chi connectivity index (χ2n) is 7.58. The Labute approximate surface area is 165 Å². The standard InChI is InChI=1S/C18H23F2N7O2/c19-15(20)10-1-2-11(14(24-22)13(10)21)16-25-26-17(29-16)23-9-12(28)27-7-5-18(3-4-18)6-8-27/h1-2,15,24H,3-9,21-22H2,(H,23,26). The monoisotopic (exact) mass is 407 g/mol. The minimum absolute atomic E-state index is 0.0308. The molecule has 6 N–H and O–H groups in total. The van der Waals surface area contributed by atoms with Gasteiger partial charge in [0.05, 0.1) is 23.5 Å². The number of aromatic nitrogens is 2. The Balaban J connectivity index is 1.41. The van der Waals surface area contributed by atoms with Gasteiger partial charge in [-0.2, -0.15) is 0 Å². The van der Waals surface area contributed by atoms with Crippen molar-refractivity contribution < 1.29 is 18.0 Å². The smallest absolute Gasteiger partial charge is 0.316 e. The molecule has 0 radical (unpaired) electrons. The van der Waals surface area contributed by atoms with Crippen molar-refractivity contribution in [3.05, 3.63) is 17.7 Å². The average Bonchev–Trinajstić information content (AvgIpc) is 3.29. The highest BCUT2D eigenvalue weighted by Gasteiger charge is 2.45. The van der Waals surface area contributed by atoms with E-state index < -0.39 is 6.43 Å². The predicted molar refractivity (Wildman–Crippen MR) is 103 cm³/mol. The molecule has 1 spiro atoms. The number of piperidine rings is 1. The molecule has 1 aliphatic heterocycles. The number of carbonyl (C=O) groups is 1. The summed E-state index contributed by atoms with van der Waals surface area (Å²) in [4.78, 5) is 14.2. The van der Waals surface area contributed by atoms with Gasteiger partial charge in [-0.1, -0.05) is 11.2 Å². The number of hydrogen-bond donors (Lipinski definition) is 4. The van der Waals surface area contributed by atoms with Crippen LogP contribution in [-0.2, 0) is 4.79 Å². The minimum Gasteiger partial charge on any atom is -0.403 e. The molecular weight excluding hydrogens is 384 g/mol. The first-order valence-electron chi connectivity index (χ1n) is 9.45. The summed E-state index contributed by atoms with van der Waals surface area (Å²) in [6.45, 7) is 1.58. The normalized spacial score (nSPS) is 17.6. The zero-order valence-corrected chi connectivity index (χ0v) is 15.8. The first kappa shape index (κ1) is 19.4. The lowest BCUT2D eigenvalue weighted by molar-refractivity contribution is -0.130. The van der Waals surface area contributed by atoms with Crippen molar-refractivity contribution in [2.24, 2.45) is 11.3 Å². The molecule has 1 aliphatic carbocycles. The topological polar surface area (TPSA) is 135 Å². The zero-order valence-electron chi connectivity index (χ0n) is 15.8. The van der Waals surface area contributed by atoms with Crippen LogP contribution in [0.1, 0.15) is 37.7 Å². The van der Waals surface area contributed by atoms with Gasteiger partial charge in [-0.15, -0.1) is 5.10 Å². The van der Waals surface area contributed by atoms with Crippen molar-refractivity contribution in [3.63, 3.8) is 0 Å². The number of anilines is 3. The SMILES string of the molecule is NNc1c(-c2nnc(NCC(=O)N3CCC4(CC3)CC4)o2)ccc(C(F)F)c1N. The van der Waals surface area contributed by atoms with Crippen LogP contribution in [0.4, 0.5) is 26.2 Å². The minimum atomic E-state index is -2.74. The summed E-state index contributed by atoms with van der Waals surface area (Å²) in [5.41, 5.74) is 8.38. The molecule has 9 nitrogen and oxygen atoms in total. The second-order valence-corrected chi connectivity index (χ2v) is 7.58. The number of alkyl halides is 2. The van der Waals surface area contributed by atoms with Crippen LogP contribution < -0.4 is 22.3 Å². The van der Waals surface area contributed by atoms with Crippen molar-refractivity contribution >= 4 is 23.3 Å². The van der Waals surface area contributed by atoms with E-state index in [2.05, 4.69) is 20.9 Å². The second kappa shape index (κ2) is 7.47. The lowest BCUT2D eigenvalue weighted by Crippen LogP contribution is -2.41. The summed E-state index contributed by atoms with van der Waals surface area (Å²) >= 11 is 0. The predicted octanol–water partition coefficient (Wildman–Crippen LogP) is 2.36. The molecule has 1 amide bonds. The van der Waals surface area contributed by atoms with Gasteiger partial charge in [0.1, 0.15) is 0 Å². The van der Waals surface area contributed by atoms with E-state index >= 15 is 0 Å². The van der Waals surface area contributed by atoms with E-state index in [1.165, 1.54) is 25.0 Å². The number of carbonyl (C=O) groups excluding carboxylic acids is 1. The molecule has 0 unspecified atom stereocenters. The number of nitrogens with zero attached hydrogens (tertiary/aromatic N) is 3. The van der Waals surface area contributed by atoms with Crippen molar-refractivity contribution in [2.75, 3.05) is 36.1 Å². The van der Waals surface area contributed by atoms with E-state index in [1.807, 2.05) is 4.90 Å². The Morgan fingerprint density at radius 2 is 1.97 bits per heavy atom. The maximum atomic E-state index is 13.0. The van der Waals surface area contributed by atoms with Crippen LogP contribution in [0, 0.1) is 5.41 Å². The highest BCUT2D eigenvalue weighted by Crippen LogP contribution is 2.53. The first-order chi connectivity index (χ1) is 13.9. The molecule has 0 bridgehead atoms. The van der Waals surface area contributed by atoms with Crippen LogP contribution in [-0.4, -0.2) is 40.6 Å². The summed E-state index contributed by atoms with van der Waals surface area (Å²) in [6, 6.07) is 2.60. The molecule has 2 aliphatic rings. The van der Waals surface area contributed by atoms with Gasteiger partial charge in [-0.25, -0.2) is 8.78 Å². The summed E-state index contributed by atoms with van der Waals surface area (Å²) in [5.74, 6) is 5.44. The molecule has 1 aromatic carbocycles. The van der Waals surface area contributed by atoms with E-state index in [4.69, 9.17) is 16.0 Å². The highest BCUT2D eigenvalue weighted by atomic mass is 19.3. The summed E-state index contributed by atoms with van der Waals surface area (Å²) in [6.07, 6.45) is 1.94. The van der Waals surface area contributed by atoms with Gasteiger partial charge in [-0.3, -0.25) is 10.6 Å². The number of halogens is 2. The number of likely N-dealkylation sites (tertiary alicyclic amines) is 1. The molecule has 4 rings (SSSR count). The fraction of sp³-hybridized carbons (Fsp3) is 0.500. The number of nitrogens with two attached hydrogens (primary N) is 2. The number of nitrogens with one attached hydrogen (secondary N) is 2. The molecule has 1 saturated heterocycles.